The van der Waals surface area contributed by atoms with Crippen LogP contribution in [0, 0.1) is 0 Å². The average Bonchev–Trinajstić information content (AvgIpc) is 2.26. The number of aliphatic hydroxyl groups is 1. The van der Waals surface area contributed by atoms with Crippen LogP contribution in [0.4, 0.5) is 0 Å². The number of ether oxygens (including phenoxy) is 1. The Bertz CT molecular complexity index is 239. The highest BCUT2D eigenvalue weighted by Crippen LogP contribution is 1.96. The first kappa shape index (κ1) is 11.9. The number of aliphatic hydroxyl groups excluding tert-OH is 1. The summed E-state index contributed by atoms with van der Waals surface area (Å²) in [5.74, 6) is -1.79. The molecular weight excluding hydrogens is 204 g/mol. The summed E-state index contributed by atoms with van der Waals surface area (Å²) in [4.78, 5) is 21.9. The van der Waals surface area contributed by atoms with Gasteiger partial charge in [-0.15, -0.1) is 0 Å². The van der Waals surface area contributed by atoms with Crippen LogP contribution < -0.4 is 10.6 Å². The highest BCUT2D eigenvalue weighted by Gasteiger charge is 2.26. The van der Waals surface area contributed by atoms with Gasteiger partial charge in [-0.05, 0) is 0 Å². The second kappa shape index (κ2) is 5.64. The molecule has 1 rings (SSSR count). The van der Waals surface area contributed by atoms with Crippen molar-refractivity contribution in [3.05, 3.63) is 0 Å². The quantitative estimate of drug-likeness (QED) is 0.417. The SMILES string of the molecule is O=C(N[C@H](CO)C(=O)O)C1CNCCO1. The van der Waals surface area contributed by atoms with Crippen LogP contribution in [0.3, 0.4) is 0 Å². The second-order valence-electron chi connectivity index (χ2n) is 3.15. The predicted molar refractivity (Wildman–Crippen MR) is 49.3 cm³/mol. The molecule has 1 heterocycles. The number of carboxylic acid groups (broad SMARTS) is 1. The number of morpholine rings is 1. The normalized spacial score (nSPS) is 23.1. The van der Waals surface area contributed by atoms with E-state index in [0.717, 1.165) is 0 Å². The first-order chi connectivity index (χ1) is 7.15. The molecule has 0 spiro atoms. The number of hydrogen-bond donors (Lipinski definition) is 4. The summed E-state index contributed by atoms with van der Waals surface area (Å²) in [5, 5.41) is 22.4. The lowest BCUT2D eigenvalue weighted by atomic mass is 10.2. The fourth-order valence-corrected chi connectivity index (χ4v) is 1.18. The van der Waals surface area contributed by atoms with Gasteiger partial charge in [-0.2, -0.15) is 0 Å². The summed E-state index contributed by atoms with van der Waals surface area (Å²) in [6.45, 7) is 0.798. The van der Waals surface area contributed by atoms with Crippen LogP contribution in [-0.4, -0.2) is 60.5 Å². The van der Waals surface area contributed by atoms with Crippen molar-refractivity contribution in [1.29, 1.82) is 0 Å². The van der Waals surface area contributed by atoms with E-state index >= 15 is 0 Å². The van der Waals surface area contributed by atoms with E-state index in [9.17, 15) is 9.59 Å². The lowest BCUT2D eigenvalue weighted by Crippen LogP contribution is -2.53. The lowest BCUT2D eigenvalue weighted by Gasteiger charge is -2.23. The third-order valence-corrected chi connectivity index (χ3v) is 2.02. The molecule has 86 valence electrons. The fraction of sp³-hybridized carbons (Fsp3) is 0.750. The molecular formula is C8H14N2O5. The topological polar surface area (TPSA) is 108 Å². The highest BCUT2D eigenvalue weighted by atomic mass is 16.5. The van der Waals surface area contributed by atoms with Gasteiger partial charge in [-0.1, -0.05) is 0 Å². The average molecular weight is 218 g/mol. The zero-order chi connectivity index (χ0) is 11.3. The number of amides is 1. The summed E-state index contributed by atoms with van der Waals surface area (Å²) < 4.78 is 5.12. The van der Waals surface area contributed by atoms with Crippen LogP contribution in [-0.2, 0) is 14.3 Å². The van der Waals surface area contributed by atoms with Crippen LogP contribution >= 0.6 is 0 Å². The van der Waals surface area contributed by atoms with Crippen LogP contribution in [0.1, 0.15) is 0 Å². The van der Waals surface area contributed by atoms with Crippen LogP contribution in [0.2, 0.25) is 0 Å². The summed E-state index contributed by atoms with van der Waals surface area (Å²) in [5.41, 5.74) is 0. The maximum Gasteiger partial charge on any atom is 0.328 e. The molecule has 0 aliphatic carbocycles. The summed E-state index contributed by atoms with van der Waals surface area (Å²) >= 11 is 0. The van der Waals surface area contributed by atoms with Crippen molar-refractivity contribution in [1.82, 2.24) is 10.6 Å². The molecule has 1 amide bonds. The van der Waals surface area contributed by atoms with Crippen molar-refractivity contribution in [2.45, 2.75) is 12.1 Å². The van der Waals surface area contributed by atoms with E-state index in [-0.39, 0.29) is 0 Å². The maximum absolute atomic E-state index is 11.4. The molecule has 1 aliphatic heterocycles. The molecule has 0 saturated carbocycles. The van der Waals surface area contributed by atoms with Crippen LogP contribution in [0.25, 0.3) is 0 Å². The molecule has 1 saturated heterocycles. The van der Waals surface area contributed by atoms with Gasteiger partial charge >= 0.3 is 5.97 Å². The Morgan fingerprint density at radius 1 is 1.60 bits per heavy atom. The molecule has 0 bridgehead atoms. The minimum atomic E-state index is -1.27. The maximum atomic E-state index is 11.4. The van der Waals surface area contributed by atoms with Crippen molar-refractivity contribution in [2.75, 3.05) is 26.3 Å². The number of hydrogen-bond acceptors (Lipinski definition) is 5. The molecule has 0 radical (unpaired) electrons. The smallest absolute Gasteiger partial charge is 0.328 e. The van der Waals surface area contributed by atoms with E-state index in [0.29, 0.717) is 19.7 Å². The number of carbonyl (C=O) groups is 2. The van der Waals surface area contributed by atoms with Crippen LogP contribution in [0.15, 0.2) is 0 Å². The number of aliphatic carboxylic acids is 1. The van der Waals surface area contributed by atoms with E-state index in [1.54, 1.807) is 0 Å². The van der Waals surface area contributed by atoms with Gasteiger partial charge in [0.25, 0.3) is 5.91 Å². The van der Waals surface area contributed by atoms with Gasteiger partial charge in [0.1, 0.15) is 12.1 Å². The van der Waals surface area contributed by atoms with Gasteiger partial charge in [0, 0.05) is 13.1 Å². The molecule has 1 unspecified atom stereocenters. The van der Waals surface area contributed by atoms with E-state index in [1.165, 1.54) is 0 Å². The molecule has 1 aliphatic rings. The Labute approximate surface area is 86.4 Å². The molecule has 15 heavy (non-hydrogen) atoms. The van der Waals surface area contributed by atoms with Crippen LogP contribution in [0.5, 0.6) is 0 Å². The first-order valence-electron chi connectivity index (χ1n) is 4.61. The van der Waals surface area contributed by atoms with E-state index in [1.807, 2.05) is 0 Å². The first-order valence-corrected chi connectivity index (χ1v) is 4.61. The molecule has 0 aromatic heterocycles. The molecule has 7 nitrogen and oxygen atoms in total. The standard InChI is InChI=1S/C8H14N2O5/c11-4-5(8(13)14)10-7(12)6-3-9-1-2-15-6/h5-6,9,11H,1-4H2,(H,10,12)(H,13,14)/t5-,6?/m1/s1. The van der Waals surface area contributed by atoms with E-state index in [2.05, 4.69) is 10.6 Å². The summed E-state index contributed by atoms with van der Waals surface area (Å²) in [7, 11) is 0. The monoisotopic (exact) mass is 218 g/mol. The Hall–Kier alpha value is -1.18. The van der Waals surface area contributed by atoms with Gasteiger partial charge in [0.2, 0.25) is 0 Å². The predicted octanol–water partition coefficient (Wildman–Crippen LogP) is -2.46. The third kappa shape index (κ3) is 3.46. The molecule has 1 fully saturated rings. The third-order valence-electron chi connectivity index (χ3n) is 2.02. The largest absolute Gasteiger partial charge is 0.480 e. The van der Waals surface area contributed by atoms with Gasteiger partial charge in [-0.3, -0.25) is 4.79 Å². The molecule has 0 aromatic carbocycles. The minimum absolute atomic E-state index is 0.351. The van der Waals surface area contributed by atoms with Crippen molar-refractivity contribution in [3.63, 3.8) is 0 Å². The van der Waals surface area contributed by atoms with Gasteiger partial charge in [-0.25, -0.2) is 4.79 Å². The van der Waals surface area contributed by atoms with Crippen molar-refractivity contribution >= 4 is 11.9 Å². The second-order valence-corrected chi connectivity index (χ2v) is 3.15. The molecule has 7 heteroatoms. The Morgan fingerprint density at radius 3 is 2.80 bits per heavy atom. The fourth-order valence-electron chi connectivity index (χ4n) is 1.18. The molecule has 0 aromatic rings. The lowest BCUT2D eigenvalue weighted by molar-refractivity contribution is -0.146. The Balaban J connectivity index is 2.42. The zero-order valence-corrected chi connectivity index (χ0v) is 8.10. The van der Waals surface area contributed by atoms with Gasteiger partial charge in [0.15, 0.2) is 0 Å². The van der Waals surface area contributed by atoms with E-state index < -0.39 is 30.6 Å². The summed E-state index contributed by atoms with van der Waals surface area (Å²) in [6, 6.07) is -1.27. The summed E-state index contributed by atoms with van der Waals surface area (Å²) in [6.07, 6.45) is -0.688. The Kier molecular flexibility index (Phi) is 4.47. The minimum Gasteiger partial charge on any atom is -0.480 e. The van der Waals surface area contributed by atoms with Gasteiger partial charge < -0.3 is 25.6 Å². The number of carboxylic acids is 1. The number of nitrogens with one attached hydrogen (secondary N) is 2. The van der Waals surface area contributed by atoms with Crippen molar-refractivity contribution < 1.29 is 24.5 Å². The molecule has 2 atom stereocenters. The van der Waals surface area contributed by atoms with Crippen molar-refractivity contribution in [2.24, 2.45) is 0 Å². The highest BCUT2D eigenvalue weighted by molar-refractivity contribution is 5.86. The number of carbonyl (C=O) groups excluding carboxylic acids is 1. The van der Waals surface area contributed by atoms with Gasteiger partial charge in [0.05, 0.1) is 13.2 Å². The molecule has 4 N–H and O–H groups in total. The Morgan fingerprint density at radius 2 is 2.33 bits per heavy atom. The number of rotatable bonds is 4. The zero-order valence-electron chi connectivity index (χ0n) is 8.10. The van der Waals surface area contributed by atoms with E-state index in [4.69, 9.17) is 14.9 Å². The van der Waals surface area contributed by atoms with Crippen molar-refractivity contribution in [3.8, 4) is 0 Å².